The highest BCUT2D eigenvalue weighted by Crippen LogP contribution is 2.23. The molecule has 3 aromatic rings. The Bertz CT molecular complexity index is 865. The highest BCUT2D eigenvalue weighted by molar-refractivity contribution is 7.98. The van der Waals surface area contributed by atoms with Crippen molar-refractivity contribution in [1.29, 1.82) is 0 Å². The third-order valence-electron chi connectivity index (χ3n) is 3.69. The Hall–Kier alpha value is -3.06. The van der Waals surface area contributed by atoms with Gasteiger partial charge >= 0.3 is 0 Å². The number of carbonyl (C=O) groups is 2. The molecule has 3 rings (SSSR count). The zero-order valence-electron chi connectivity index (χ0n) is 14.6. The second-order valence-electron chi connectivity index (χ2n) is 5.74. The number of hydrogen-bond donors (Lipinski definition) is 2. The van der Waals surface area contributed by atoms with Crippen molar-refractivity contribution >= 4 is 29.3 Å². The first-order chi connectivity index (χ1) is 13.2. The second-order valence-corrected chi connectivity index (χ2v) is 6.79. The van der Waals surface area contributed by atoms with Gasteiger partial charge < -0.3 is 15.1 Å². The Kier molecular flexibility index (Phi) is 6.65. The van der Waals surface area contributed by atoms with Crippen LogP contribution in [0, 0.1) is 0 Å². The zero-order valence-corrected chi connectivity index (χ0v) is 15.4. The van der Waals surface area contributed by atoms with Crippen molar-refractivity contribution in [3.05, 3.63) is 78.5 Å². The normalized spacial score (nSPS) is 10.4. The van der Waals surface area contributed by atoms with Gasteiger partial charge in [-0.3, -0.25) is 14.6 Å². The molecule has 2 aromatic heterocycles. The molecule has 0 fully saturated rings. The van der Waals surface area contributed by atoms with Gasteiger partial charge in [-0.15, -0.1) is 11.8 Å². The quantitative estimate of drug-likeness (QED) is 0.581. The summed E-state index contributed by atoms with van der Waals surface area (Å²) in [4.78, 5) is 28.9. The molecule has 2 heterocycles. The molecule has 2 N–H and O–H groups in total. The van der Waals surface area contributed by atoms with Crippen molar-refractivity contribution in [2.24, 2.45) is 0 Å². The molecular formula is C20H19N3O3S. The number of anilines is 1. The Labute approximate surface area is 161 Å². The molecule has 0 radical (unpaired) electrons. The second kappa shape index (κ2) is 9.59. The van der Waals surface area contributed by atoms with Crippen LogP contribution < -0.4 is 10.6 Å². The summed E-state index contributed by atoms with van der Waals surface area (Å²) in [5.74, 6) is 0.431. The lowest BCUT2D eigenvalue weighted by Gasteiger charge is -2.07. The molecule has 0 atom stereocenters. The van der Waals surface area contributed by atoms with Crippen molar-refractivity contribution in [3.8, 4) is 0 Å². The van der Waals surface area contributed by atoms with E-state index < -0.39 is 0 Å². The Balaban J connectivity index is 1.39. The van der Waals surface area contributed by atoms with Crippen molar-refractivity contribution in [2.45, 2.75) is 17.1 Å². The van der Waals surface area contributed by atoms with Gasteiger partial charge in [0.05, 0.1) is 11.8 Å². The number of furan rings is 1. The summed E-state index contributed by atoms with van der Waals surface area (Å²) in [6.07, 6.45) is 6.60. The minimum absolute atomic E-state index is 0.154. The largest absolute Gasteiger partial charge is 0.472 e. The number of nitrogens with zero attached hydrogens (tertiary/aromatic N) is 1. The van der Waals surface area contributed by atoms with Crippen LogP contribution in [0.25, 0.3) is 0 Å². The standard InChI is InChI=1S/C20H19N3O3S/c24-19(7-10-22-20(25)16-8-11-26-13-16)23-17-3-5-18(6-4-17)27-14-15-2-1-9-21-12-15/h1-6,8-9,11-13H,7,10,14H2,(H,22,25)(H,23,24). The highest BCUT2D eigenvalue weighted by atomic mass is 32.2. The van der Waals surface area contributed by atoms with Gasteiger partial charge in [-0.1, -0.05) is 6.07 Å². The first-order valence-corrected chi connectivity index (χ1v) is 9.41. The molecule has 1 aromatic carbocycles. The van der Waals surface area contributed by atoms with Gasteiger partial charge in [-0.05, 0) is 42.0 Å². The van der Waals surface area contributed by atoms with Crippen LogP contribution in [0.4, 0.5) is 5.69 Å². The Morgan fingerprint density at radius 1 is 1.11 bits per heavy atom. The van der Waals surface area contributed by atoms with Crippen molar-refractivity contribution in [1.82, 2.24) is 10.3 Å². The van der Waals surface area contributed by atoms with Crippen molar-refractivity contribution in [3.63, 3.8) is 0 Å². The maximum absolute atomic E-state index is 12.0. The summed E-state index contributed by atoms with van der Waals surface area (Å²) < 4.78 is 4.85. The van der Waals surface area contributed by atoms with Crippen LogP contribution in [-0.4, -0.2) is 23.3 Å². The lowest BCUT2D eigenvalue weighted by atomic mass is 10.3. The fourth-order valence-electron chi connectivity index (χ4n) is 2.29. The molecule has 0 aliphatic rings. The van der Waals surface area contributed by atoms with Gasteiger partial charge in [0.15, 0.2) is 0 Å². The maximum atomic E-state index is 12.0. The van der Waals surface area contributed by atoms with Crippen LogP contribution in [0.15, 0.2) is 76.7 Å². The Morgan fingerprint density at radius 3 is 2.67 bits per heavy atom. The maximum Gasteiger partial charge on any atom is 0.254 e. The van der Waals surface area contributed by atoms with Gasteiger partial charge in [0, 0.05) is 41.7 Å². The van der Waals surface area contributed by atoms with E-state index in [2.05, 4.69) is 15.6 Å². The fraction of sp³-hybridized carbons (Fsp3) is 0.150. The van der Waals surface area contributed by atoms with Gasteiger partial charge in [0.1, 0.15) is 6.26 Å². The zero-order chi connectivity index (χ0) is 18.9. The molecular weight excluding hydrogens is 362 g/mol. The van der Waals surface area contributed by atoms with Gasteiger partial charge in [-0.2, -0.15) is 0 Å². The summed E-state index contributed by atoms with van der Waals surface area (Å²) in [7, 11) is 0. The number of aromatic nitrogens is 1. The Morgan fingerprint density at radius 2 is 1.96 bits per heavy atom. The molecule has 0 aliphatic carbocycles. The molecule has 0 saturated heterocycles. The van der Waals surface area contributed by atoms with E-state index in [9.17, 15) is 9.59 Å². The number of rotatable bonds is 8. The smallest absolute Gasteiger partial charge is 0.254 e. The summed E-state index contributed by atoms with van der Waals surface area (Å²) in [5.41, 5.74) is 2.33. The molecule has 0 spiro atoms. The number of amides is 2. The molecule has 7 heteroatoms. The molecule has 0 aliphatic heterocycles. The van der Waals surface area contributed by atoms with Gasteiger partial charge in [0.2, 0.25) is 5.91 Å². The average Bonchev–Trinajstić information content (AvgIpc) is 3.23. The minimum Gasteiger partial charge on any atom is -0.472 e. The van der Waals surface area contributed by atoms with Crippen molar-refractivity contribution in [2.75, 3.05) is 11.9 Å². The molecule has 0 unspecified atom stereocenters. The summed E-state index contributed by atoms with van der Waals surface area (Å²) >= 11 is 1.71. The summed E-state index contributed by atoms with van der Waals surface area (Å²) in [5, 5.41) is 5.50. The van der Waals surface area contributed by atoms with Gasteiger partial charge in [0.25, 0.3) is 5.91 Å². The monoisotopic (exact) mass is 381 g/mol. The average molecular weight is 381 g/mol. The van der Waals surface area contributed by atoms with E-state index in [1.54, 1.807) is 24.0 Å². The summed E-state index contributed by atoms with van der Waals surface area (Å²) in [6.45, 7) is 0.259. The molecule has 27 heavy (non-hydrogen) atoms. The minimum atomic E-state index is -0.258. The lowest BCUT2D eigenvalue weighted by Crippen LogP contribution is -2.27. The van der Waals surface area contributed by atoms with Crippen LogP contribution in [0.1, 0.15) is 22.3 Å². The van der Waals surface area contributed by atoms with E-state index in [-0.39, 0.29) is 24.8 Å². The fourth-order valence-corrected chi connectivity index (χ4v) is 3.13. The van der Waals surface area contributed by atoms with E-state index in [1.165, 1.54) is 12.5 Å². The number of nitrogens with one attached hydrogen (secondary N) is 2. The van der Waals surface area contributed by atoms with Gasteiger partial charge in [-0.25, -0.2) is 0 Å². The molecule has 6 nitrogen and oxygen atoms in total. The van der Waals surface area contributed by atoms with E-state index in [1.807, 2.05) is 42.6 Å². The van der Waals surface area contributed by atoms with Crippen LogP contribution in [0.2, 0.25) is 0 Å². The van der Waals surface area contributed by atoms with Crippen LogP contribution in [0.5, 0.6) is 0 Å². The molecule has 0 bridgehead atoms. The van der Waals surface area contributed by atoms with E-state index in [0.29, 0.717) is 5.56 Å². The van der Waals surface area contributed by atoms with E-state index in [4.69, 9.17) is 4.42 Å². The van der Waals surface area contributed by atoms with Crippen LogP contribution >= 0.6 is 11.8 Å². The van der Waals surface area contributed by atoms with Crippen molar-refractivity contribution < 1.29 is 14.0 Å². The topological polar surface area (TPSA) is 84.2 Å². The third-order valence-corrected chi connectivity index (χ3v) is 4.77. The molecule has 2 amide bonds. The summed E-state index contributed by atoms with van der Waals surface area (Å²) in [6, 6.07) is 13.2. The number of benzene rings is 1. The molecule has 0 saturated carbocycles. The number of carbonyl (C=O) groups excluding carboxylic acids is 2. The number of pyridine rings is 1. The predicted octanol–water partition coefficient (Wildman–Crippen LogP) is 3.73. The first-order valence-electron chi connectivity index (χ1n) is 8.43. The highest BCUT2D eigenvalue weighted by Gasteiger charge is 2.08. The number of thioether (sulfide) groups is 1. The predicted molar refractivity (Wildman–Crippen MR) is 105 cm³/mol. The van der Waals surface area contributed by atoms with Crippen LogP contribution in [-0.2, 0) is 10.5 Å². The van der Waals surface area contributed by atoms with E-state index in [0.717, 1.165) is 21.9 Å². The molecule has 138 valence electrons. The number of hydrogen-bond acceptors (Lipinski definition) is 5. The van der Waals surface area contributed by atoms with E-state index >= 15 is 0 Å². The SMILES string of the molecule is O=C(CCNC(=O)c1ccoc1)Nc1ccc(SCc2cccnc2)cc1. The van der Waals surface area contributed by atoms with Crippen LogP contribution in [0.3, 0.4) is 0 Å². The first kappa shape index (κ1) is 18.7. The third kappa shape index (κ3) is 6.00. The lowest BCUT2D eigenvalue weighted by molar-refractivity contribution is -0.116.